The highest BCUT2D eigenvalue weighted by Crippen LogP contribution is 2.70. The average molecular weight is 293 g/mol. The van der Waals surface area contributed by atoms with E-state index < -0.39 is 0 Å². The monoisotopic (exact) mass is 293 g/mol. The standard InChI is InChI=1S/C18H31NO2/c1-15(2,3)21-19-14(20)9-18-8-13-6-16(4,11-18)10-17(5,7-13)12-18/h13H,6-12H2,1-5H3,(H,19,20). The fourth-order valence-electron chi connectivity index (χ4n) is 6.47. The lowest BCUT2D eigenvalue weighted by molar-refractivity contribution is -0.167. The van der Waals surface area contributed by atoms with Gasteiger partial charge in [0.2, 0.25) is 5.91 Å². The predicted octanol–water partition coefficient (Wildman–Crippen LogP) is 4.22. The van der Waals surface area contributed by atoms with Crippen LogP contribution in [0.25, 0.3) is 0 Å². The van der Waals surface area contributed by atoms with E-state index in [-0.39, 0.29) is 16.9 Å². The van der Waals surface area contributed by atoms with E-state index in [9.17, 15) is 4.79 Å². The van der Waals surface area contributed by atoms with Crippen molar-refractivity contribution in [1.29, 1.82) is 0 Å². The highest BCUT2D eigenvalue weighted by atomic mass is 16.7. The third kappa shape index (κ3) is 3.13. The van der Waals surface area contributed by atoms with Crippen molar-refractivity contribution in [1.82, 2.24) is 5.48 Å². The molecular formula is C18H31NO2. The summed E-state index contributed by atoms with van der Waals surface area (Å²) in [6.07, 6.45) is 8.48. The molecule has 2 atom stereocenters. The molecule has 0 aromatic heterocycles. The SMILES string of the molecule is CC12CC3CC(C)(C1)CC(CC(=O)NOC(C)(C)C)(C3)C2. The molecule has 0 aliphatic heterocycles. The molecule has 0 radical (unpaired) electrons. The van der Waals surface area contributed by atoms with Gasteiger partial charge in [-0.25, -0.2) is 5.48 Å². The van der Waals surface area contributed by atoms with Crippen LogP contribution in [0.5, 0.6) is 0 Å². The molecule has 4 saturated carbocycles. The van der Waals surface area contributed by atoms with E-state index in [2.05, 4.69) is 19.3 Å². The van der Waals surface area contributed by atoms with Crippen LogP contribution >= 0.6 is 0 Å². The third-order valence-corrected chi connectivity index (χ3v) is 5.75. The summed E-state index contributed by atoms with van der Waals surface area (Å²) in [6.45, 7) is 10.8. The van der Waals surface area contributed by atoms with E-state index >= 15 is 0 Å². The minimum Gasteiger partial charge on any atom is -0.273 e. The molecule has 0 spiro atoms. The fraction of sp³-hybridized carbons (Fsp3) is 0.944. The normalized spacial score (nSPS) is 44.9. The molecule has 0 saturated heterocycles. The molecule has 0 aromatic rings. The highest BCUT2D eigenvalue weighted by molar-refractivity contribution is 5.75. The summed E-state index contributed by atoms with van der Waals surface area (Å²) in [5.41, 5.74) is 3.53. The first-order valence-electron chi connectivity index (χ1n) is 8.48. The molecule has 2 unspecified atom stereocenters. The van der Waals surface area contributed by atoms with E-state index in [0.29, 0.717) is 17.3 Å². The summed E-state index contributed by atoms with van der Waals surface area (Å²) in [4.78, 5) is 17.8. The molecule has 4 rings (SSSR count). The molecular weight excluding hydrogens is 262 g/mol. The van der Waals surface area contributed by atoms with Crippen molar-refractivity contribution in [2.45, 2.75) is 85.2 Å². The second-order valence-electron chi connectivity index (χ2n) is 10.0. The van der Waals surface area contributed by atoms with Crippen LogP contribution in [0.4, 0.5) is 0 Å². The lowest BCUT2D eigenvalue weighted by atomic mass is 9.40. The first-order chi connectivity index (χ1) is 9.51. The molecule has 120 valence electrons. The van der Waals surface area contributed by atoms with Crippen molar-refractivity contribution in [3.05, 3.63) is 0 Å². The number of carbonyl (C=O) groups is 1. The summed E-state index contributed by atoms with van der Waals surface area (Å²) < 4.78 is 0. The van der Waals surface area contributed by atoms with Gasteiger partial charge in [-0.1, -0.05) is 13.8 Å². The maximum atomic E-state index is 12.3. The summed E-state index contributed by atoms with van der Waals surface area (Å²) >= 11 is 0. The molecule has 1 amide bonds. The van der Waals surface area contributed by atoms with Gasteiger partial charge in [-0.05, 0) is 81.5 Å². The zero-order valence-corrected chi connectivity index (χ0v) is 14.3. The number of hydrogen-bond acceptors (Lipinski definition) is 2. The van der Waals surface area contributed by atoms with Crippen LogP contribution in [-0.2, 0) is 9.63 Å². The predicted molar refractivity (Wildman–Crippen MR) is 83.4 cm³/mol. The molecule has 3 nitrogen and oxygen atoms in total. The van der Waals surface area contributed by atoms with Crippen molar-refractivity contribution in [2.75, 3.05) is 0 Å². The summed E-state index contributed by atoms with van der Waals surface area (Å²) in [7, 11) is 0. The van der Waals surface area contributed by atoms with Gasteiger partial charge in [-0.3, -0.25) is 9.63 Å². The van der Waals surface area contributed by atoms with Gasteiger partial charge in [-0.15, -0.1) is 0 Å². The van der Waals surface area contributed by atoms with E-state index in [4.69, 9.17) is 4.84 Å². The molecule has 21 heavy (non-hydrogen) atoms. The third-order valence-electron chi connectivity index (χ3n) is 5.75. The quantitative estimate of drug-likeness (QED) is 0.791. The van der Waals surface area contributed by atoms with Crippen molar-refractivity contribution in [2.24, 2.45) is 22.2 Å². The van der Waals surface area contributed by atoms with Gasteiger partial charge >= 0.3 is 0 Å². The van der Waals surface area contributed by atoms with Gasteiger partial charge in [0.15, 0.2) is 0 Å². The van der Waals surface area contributed by atoms with Gasteiger partial charge in [0.05, 0.1) is 5.60 Å². The van der Waals surface area contributed by atoms with Crippen LogP contribution in [0.1, 0.15) is 79.6 Å². The smallest absolute Gasteiger partial charge is 0.244 e. The minimum atomic E-state index is -0.324. The number of carbonyl (C=O) groups excluding carboxylic acids is 1. The Morgan fingerprint density at radius 3 is 2.14 bits per heavy atom. The molecule has 1 N–H and O–H groups in total. The largest absolute Gasteiger partial charge is 0.273 e. The van der Waals surface area contributed by atoms with Crippen LogP contribution in [0, 0.1) is 22.2 Å². The Morgan fingerprint density at radius 2 is 1.67 bits per heavy atom. The van der Waals surface area contributed by atoms with Gasteiger partial charge in [0.1, 0.15) is 0 Å². The van der Waals surface area contributed by atoms with Crippen LogP contribution in [0.3, 0.4) is 0 Å². The molecule has 4 bridgehead atoms. The van der Waals surface area contributed by atoms with Crippen LogP contribution < -0.4 is 5.48 Å². The Hall–Kier alpha value is -0.570. The van der Waals surface area contributed by atoms with Crippen molar-refractivity contribution in [3.8, 4) is 0 Å². The zero-order chi connectivity index (χ0) is 15.5. The number of hydrogen-bond donors (Lipinski definition) is 1. The minimum absolute atomic E-state index is 0.0686. The maximum Gasteiger partial charge on any atom is 0.244 e. The molecule has 3 heteroatoms. The number of nitrogens with one attached hydrogen (secondary N) is 1. The maximum absolute atomic E-state index is 12.3. The topological polar surface area (TPSA) is 38.3 Å². The van der Waals surface area contributed by atoms with E-state index in [1.807, 2.05) is 20.8 Å². The van der Waals surface area contributed by atoms with Crippen molar-refractivity contribution < 1.29 is 9.63 Å². The second-order valence-corrected chi connectivity index (χ2v) is 10.0. The number of amides is 1. The Labute approximate surface area is 129 Å². The first-order valence-corrected chi connectivity index (χ1v) is 8.48. The Bertz CT molecular complexity index is 433. The average Bonchev–Trinajstić information content (AvgIpc) is 2.19. The zero-order valence-electron chi connectivity index (χ0n) is 14.3. The second kappa shape index (κ2) is 4.47. The Morgan fingerprint density at radius 1 is 1.10 bits per heavy atom. The Balaban J connectivity index is 1.69. The molecule has 4 fully saturated rings. The number of hydroxylamine groups is 1. The van der Waals surface area contributed by atoms with Gasteiger partial charge in [-0.2, -0.15) is 0 Å². The van der Waals surface area contributed by atoms with E-state index in [1.54, 1.807) is 0 Å². The van der Waals surface area contributed by atoms with Crippen LogP contribution in [-0.4, -0.2) is 11.5 Å². The summed E-state index contributed by atoms with van der Waals surface area (Å²) in [6, 6.07) is 0. The van der Waals surface area contributed by atoms with Gasteiger partial charge in [0.25, 0.3) is 0 Å². The molecule has 4 aliphatic carbocycles. The Kier molecular flexibility index (Phi) is 3.26. The van der Waals surface area contributed by atoms with Gasteiger partial charge < -0.3 is 0 Å². The fourth-order valence-corrected chi connectivity index (χ4v) is 6.47. The molecule has 4 aliphatic rings. The van der Waals surface area contributed by atoms with Crippen LogP contribution in [0.15, 0.2) is 0 Å². The number of rotatable bonds is 3. The first kappa shape index (κ1) is 15.3. The molecule has 0 aromatic carbocycles. The van der Waals surface area contributed by atoms with Crippen LogP contribution in [0.2, 0.25) is 0 Å². The lowest BCUT2D eigenvalue weighted by Gasteiger charge is -2.65. The summed E-state index contributed by atoms with van der Waals surface area (Å²) in [5, 5.41) is 0. The van der Waals surface area contributed by atoms with E-state index in [1.165, 1.54) is 38.5 Å². The van der Waals surface area contributed by atoms with E-state index in [0.717, 1.165) is 5.92 Å². The lowest BCUT2D eigenvalue weighted by Crippen LogP contribution is -2.56. The van der Waals surface area contributed by atoms with Crippen molar-refractivity contribution >= 4 is 5.91 Å². The molecule has 0 heterocycles. The van der Waals surface area contributed by atoms with Crippen molar-refractivity contribution in [3.63, 3.8) is 0 Å². The highest BCUT2D eigenvalue weighted by Gasteiger charge is 2.60. The van der Waals surface area contributed by atoms with Gasteiger partial charge in [0, 0.05) is 6.42 Å². The summed E-state index contributed by atoms with van der Waals surface area (Å²) in [5.74, 6) is 0.909.